The fourth-order valence-corrected chi connectivity index (χ4v) is 1.18. The van der Waals surface area contributed by atoms with Crippen molar-refractivity contribution in [2.24, 2.45) is 5.90 Å². The molecule has 1 aromatic carbocycles. The molecule has 0 radical (unpaired) electrons. The zero-order valence-corrected chi connectivity index (χ0v) is 8.16. The molecule has 0 aliphatic heterocycles. The summed E-state index contributed by atoms with van der Waals surface area (Å²) in [6.07, 6.45) is 0. The van der Waals surface area contributed by atoms with Crippen molar-refractivity contribution >= 4 is 5.69 Å². The van der Waals surface area contributed by atoms with E-state index in [1.54, 1.807) is 0 Å². The van der Waals surface area contributed by atoms with Gasteiger partial charge in [-0.15, -0.1) is 0 Å². The Kier molecular flexibility index (Phi) is 3.73. The molecule has 0 aromatic heterocycles. The van der Waals surface area contributed by atoms with Gasteiger partial charge in [0.1, 0.15) is 0 Å². The summed E-state index contributed by atoms with van der Waals surface area (Å²) in [5, 5.41) is 0. The Bertz CT molecular complexity index is 263. The molecular weight excluding hydrogens is 164 g/mol. The van der Waals surface area contributed by atoms with Gasteiger partial charge in [0, 0.05) is 19.3 Å². The highest BCUT2D eigenvalue weighted by Crippen LogP contribution is 2.13. The number of benzene rings is 1. The maximum absolute atomic E-state index is 4.96. The van der Waals surface area contributed by atoms with Crippen molar-refractivity contribution in [3.8, 4) is 0 Å². The van der Waals surface area contributed by atoms with Gasteiger partial charge in [-0.25, -0.2) is 5.90 Å². The van der Waals surface area contributed by atoms with Gasteiger partial charge in [0.05, 0.1) is 6.61 Å². The second-order valence-corrected chi connectivity index (χ2v) is 3.13. The van der Waals surface area contributed by atoms with Gasteiger partial charge < -0.3 is 9.74 Å². The van der Waals surface area contributed by atoms with E-state index in [1.165, 1.54) is 11.3 Å². The molecule has 0 spiro atoms. The van der Waals surface area contributed by atoms with E-state index < -0.39 is 0 Å². The van der Waals surface area contributed by atoms with Crippen molar-refractivity contribution in [1.29, 1.82) is 0 Å². The first kappa shape index (κ1) is 10.0. The van der Waals surface area contributed by atoms with Gasteiger partial charge in [-0.3, -0.25) is 0 Å². The van der Waals surface area contributed by atoms with Gasteiger partial charge in [-0.2, -0.15) is 0 Å². The van der Waals surface area contributed by atoms with Gasteiger partial charge in [-0.05, 0) is 24.6 Å². The summed E-state index contributed by atoms with van der Waals surface area (Å²) in [5.41, 5.74) is 2.45. The molecule has 0 atom stereocenters. The molecule has 1 aromatic rings. The van der Waals surface area contributed by atoms with Crippen LogP contribution < -0.4 is 10.8 Å². The number of likely N-dealkylation sites (N-methyl/N-ethyl adjacent to an activating group) is 1. The van der Waals surface area contributed by atoms with Gasteiger partial charge in [0.15, 0.2) is 0 Å². The third kappa shape index (κ3) is 3.05. The smallest absolute Gasteiger partial charge is 0.0854 e. The lowest BCUT2D eigenvalue weighted by Crippen LogP contribution is -2.23. The largest absolute Gasteiger partial charge is 0.372 e. The van der Waals surface area contributed by atoms with Crippen LogP contribution in [-0.4, -0.2) is 20.2 Å². The first-order valence-corrected chi connectivity index (χ1v) is 4.33. The molecule has 0 unspecified atom stereocenters. The number of nitrogens with zero attached hydrogens (tertiary/aromatic N) is 1. The Morgan fingerprint density at radius 3 is 2.85 bits per heavy atom. The summed E-state index contributed by atoms with van der Waals surface area (Å²) < 4.78 is 0. The molecular formula is C10H16N2O. The van der Waals surface area contributed by atoms with E-state index in [-0.39, 0.29) is 0 Å². The SMILES string of the molecule is Cc1cccc(N(C)CCON)c1. The van der Waals surface area contributed by atoms with Crippen molar-refractivity contribution in [3.05, 3.63) is 29.8 Å². The number of nitrogens with two attached hydrogens (primary N) is 1. The van der Waals surface area contributed by atoms with Crippen LogP contribution >= 0.6 is 0 Å². The molecule has 1 rings (SSSR count). The average molecular weight is 180 g/mol. The molecule has 3 heteroatoms. The standard InChI is InChI=1S/C10H16N2O/c1-9-4-3-5-10(8-9)12(2)6-7-13-11/h3-5,8H,6-7,11H2,1-2H3. The zero-order valence-electron chi connectivity index (χ0n) is 8.16. The molecule has 0 aliphatic carbocycles. The Balaban J connectivity index is 2.60. The number of rotatable bonds is 4. The molecule has 0 aliphatic rings. The van der Waals surface area contributed by atoms with Crippen LogP contribution in [-0.2, 0) is 4.84 Å². The molecule has 13 heavy (non-hydrogen) atoms. The van der Waals surface area contributed by atoms with E-state index in [2.05, 4.69) is 34.9 Å². The maximum atomic E-state index is 4.96. The number of anilines is 1. The molecule has 0 saturated carbocycles. The molecule has 0 heterocycles. The van der Waals surface area contributed by atoms with Crippen molar-refractivity contribution in [3.63, 3.8) is 0 Å². The number of hydrogen-bond acceptors (Lipinski definition) is 3. The first-order chi connectivity index (χ1) is 6.24. The topological polar surface area (TPSA) is 38.5 Å². The van der Waals surface area contributed by atoms with E-state index >= 15 is 0 Å². The van der Waals surface area contributed by atoms with Crippen molar-refractivity contribution < 1.29 is 4.84 Å². The van der Waals surface area contributed by atoms with E-state index in [9.17, 15) is 0 Å². The summed E-state index contributed by atoms with van der Waals surface area (Å²) in [5.74, 6) is 4.96. The molecule has 0 bridgehead atoms. The summed E-state index contributed by atoms with van der Waals surface area (Å²) in [6, 6.07) is 8.33. The Hall–Kier alpha value is -1.06. The molecule has 0 amide bonds. The van der Waals surface area contributed by atoms with Crippen molar-refractivity contribution in [2.75, 3.05) is 25.1 Å². The maximum Gasteiger partial charge on any atom is 0.0854 e. The minimum Gasteiger partial charge on any atom is -0.372 e. The lowest BCUT2D eigenvalue weighted by molar-refractivity contribution is 0.145. The van der Waals surface area contributed by atoms with Gasteiger partial charge in [0.2, 0.25) is 0 Å². The van der Waals surface area contributed by atoms with Gasteiger partial charge >= 0.3 is 0 Å². The molecule has 3 nitrogen and oxygen atoms in total. The van der Waals surface area contributed by atoms with Crippen LogP contribution in [0, 0.1) is 6.92 Å². The molecule has 0 fully saturated rings. The molecule has 2 N–H and O–H groups in total. The second kappa shape index (κ2) is 4.84. The van der Waals surface area contributed by atoms with Crippen molar-refractivity contribution in [2.45, 2.75) is 6.92 Å². The minimum atomic E-state index is 0.546. The lowest BCUT2D eigenvalue weighted by Gasteiger charge is -2.18. The fraction of sp³-hybridized carbons (Fsp3) is 0.400. The van der Waals surface area contributed by atoms with E-state index in [1.807, 2.05) is 13.1 Å². The Labute approximate surface area is 79.1 Å². The highest BCUT2D eigenvalue weighted by Gasteiger charge is 1.99. The van der Waals surface area contributed by atoms with Crippen LogP contribution in [0.3, 0.4) is 0 Å². The fourth-order valence-electron chi connectivity index (χ4n) is 1.18. The van der Waals surface area contributed by atoms with Crippen LogP contribution in [0.25, 0.3) is 0 Å². The first-order valence-electron chi connectivity index (χ1n) is 4.33. The number of hydrogen-bond donors (Lipinski definition) is 1. The molecule has 0 saturated heterocycles. The summed E-state index contributed by atoms with van der Waals surface area (Å²) in [4.78, 5) is 6.63. The van der Waals surface area contributed by atoms with Crippen LogP contribution in [0.2, 0.25) is 0 Å². The summed E-state index contributed by atoms with van der Waals surface area (Å²) in [6.45, 7) is 3.43. The van der Waals surface area contributed by atoms with Crippen LogP contribution in [0.15, 0.2) is 24.3 Å². The third-order valence-electron chi connectivity index (χ3n) is 1.99. The third-order valence-corrected chi connectivity index (χ3v) is 1.99. The molecule has 72 valence electrons. The predicted molar refractivity (Wildman–Crippen MR) is 54.6 cm³/mol. The Morgan fingerprint density at radius 1 is 1.46 bits per heavy atom. The predicted octanol–water partition coefficient (Wildman–Crippen LogP) is 1.32. The van der Waals surface area contributed by atoms with E-state index in [0.29, 0.717) is 6.61 Å². The van der Waals surface area contributed by atoms with Gasteiger partial charge in [0.25, 0.3) is 0 Å². The van der Waals surface area contributed by atoms with Gasteiger partial charge in [-0.1, -0.05) is 12.1 Å². The zero-order chi connectivity index (χ0) is 9.68. The van der Waals surface area contributed by atoms with Crippen LogP contribution in [0.1, 0.15) is 5.56 Å². The average Bonchev–Trinajstić information content (AvgIpc) is 2.14. The summed E-state index contributed by atoms with van der Waals surface area (Å²) in [7, 11) is 2.02. The lowest BCUT2D eigenvalue weighted by atomic mass is 10.2. The quantitative estimate of drug-likeness (QED) is 0.710. The Morgan fingerprint density at radius 2 is 2.23 bits per heavy atom. The van der Waals surface area contributed by atoms with E-state index in [4.69, 9.17) is 5.90 Å². The normalized spacial score (nSPS) is 10.1. The highest BCUT2D eigenvalue weighted by molar-refractivity contribution is 5.47. The second-order valence-electron chi connectivity index (χ2n) is 3.13. The highest BCUT2D eigenvalue weighted by atomic mass is 16.6. The van der Waals surface area contributed by atoms with Crippen LogP contribution in [0.4, 0.5) is 5.69 Å². The number of aryl methyl sites for hydroxylation is 1. The van der Waals surface area contributed by atoms with Crippen molar-refractivity contribution in [1.82, 2.24) is 0 Å². The minimum absolute atomic E-state index is 0.546. The van der Waals surface area contributed by atoms with Crippen LogP contribution in [0.5, 0.6) is 0 Å². The monoisotopic (exact) mass is 180 g/mol. The van der Waals surface area contributed by atoms with E-state index in [0.717, 1.165) is 6.54 Å². The summed E-state index contributed by atoms with van der Waals surface area (Å²) >= 11 is 0.